The van der Waals surface area contributed by atoms with Crippen LogP contribution in [-0.2, 0) is 9.63 Å². The van der Waals surface area contributed by atoms with Crippen molar-refractivity contribution in [3.63, 3.8) is 0 Å². The maximum atomic E-state index is 10.2. The number of benzene rings is 1. The van der Waals surface area contributed by atoms with Crippen molar-refractivity contribution in [2.24, 2.45) is 5.16 Å². The van der Waals surface area contributed by atoms with Gasteiger partial charge in [0.2, 0.25) is 6.61 Å². The second-order valence-electron chi connectivity index (χ2n) is 3.37. The molecule has 1 rings (SSSR count). The first-order valence-corrected chi connectivity index (χ1v) is 6.25. The smallest absolute Gasteiger partial charge is 0.344 e. The predicted octanol–water partition coefficient (Wildman–Crippen LogP) is 2.29. The van der Waals surface area contributed by atoms with E-state index >= 15 is 0 Å². The molecule has 0 atom stereocenters. The number of carboxylic acids is 1. The monoisotopic (exact) mass is 331 g/mol. The summed E-state index contributed by atoms with van der Waals surface area (Å²) in [5.74, 6) is 0.0765. The van der Waals surface area contributed by atoms with Crippen molar-refractivity contribution in [2.45, 2.75) is 6.92 Å². The average molecular weight is 332 g/mol. The van der Waals surface area contributed by atoms with Crippen molar-refractivity contribution >= 4 is 28.1 Å². The second kappa shape index (κ2) is 7.63. The average Bonchev–Trinajstić information content (AvgIpc) is 2.35. The third-order valence-electron chi connectivity index (χ3n) is 2.00. The Morgan fingerprint density at radius 2 is 2.26 bits per heavy atom. The van der Waals surface area contributed by atoms with Crippen LogP contribution in [0.3, 0.4) is 0 Å². The van der Waals surface area contributed by atoms with Crippen LogP contribution in [0.15, 0.2) is 21.8 Å². The second-order valence-corrected chi connectivity index (χ2v) is 4.22. The van der Waals surface area contributed by atoms with Crippen molar-refractivity contribution < 1.29 is 24.2 Å². The van der Waals surface area contributed by atoms with E-state index in [2.05, 4.69) is 25.9 Å². The first-order chi connectivity index (χ1) is 9.08. The van der Waals surface area contributed by atoms with Gasteiger partial charge in [-0.25, -0.2) is 4.79 Å². The molecule has 0 heterocycles. The minimum absolute atomic E-state index is 0.480. The zero-order valence-corrected chi connectivity index (χ0v) is 12.1. The third-order valence-corrected chi connectivity index (χ3v) is 2.59. The molecule has 0 radical (unpaired) electrons. The molecule has 0 unspecified atom stereocenters. The Morgan fingerprint density at radius 1 is 1.53 bits per heavy atom. The van der Waals surface area contributed by atoms with Crippen molar-refractivity contribution in [1.82, 2.24) is 0 Å². The Labute approximate surface area is 119 Å². The molecule has 19 heavy (non-hydrogen) atoms. The fraction of sp³-hybridized carbons (Fsp3) is 0.333. The standard InChI is InChI=1S/C12H14BrNO5/c1-3-18-10-5-8(4-9(13)12(10)17-2)6-14-19-7-11(15)16/h4-6H,3,7H2,1-2H3,(H,15,16). The summed E-state index contributed by atoms with van der Waals surface area (Å²) in [5, 5.41) is 12.0. The SMILES string of the molecule is CCOc1cc(C=NOCC(=O)O)cc(Br)c1OC. The van der Waals surface area contributed by atoms with E-state index in [-0.39, 0.29) is 0 Å². The summed E-state index contributed by atoms with van der Waals surface area (Å²) in [4.78, 5) is 14.8. The summed E-state index contributed by atoms with van der Waals surface area (Å²) in [6.07, 6.45) is 1.40. The van der Waals surface area contributed by atoms with Crippen molar-refractivity contribution in [3.05, 3.63) is 22.2 Å². The van der Waals surface area contributed by atoms with Gasteiger partial charge in [-0.15, -0.1) is 0 Å². The number of carboxylic acid groups (broad SMARTS) is 1. The summed E-state index contributed by atoms with van der Waals surface area (Å²) >= 11 is 3.36. The van der Waals surface area contributed by atoms with E-state index in [1.165, 1.54) is 6.21 Å². The number of ether oxygens (including phenoxy) is 2. The summed E-state index contributed by atoms with van der Waals surface area (Å²) in [6.45, 7) is 1.88. The summed E-state index contributed by atoms with van der Waals surface area (Å²) in [7, 11) is 1.55. The highest BCUT2D eigenvalue weighted by Gasteiger charge is 2.10. The lowest BCUT2D eigenvalue weighted by Crippen LogP contribution is -2.03. The highest BCUT2D eigenvalue weighted by atomic mass is 79.9. The first kappa shape index (κ1) is 15.3. The lowest BCUT2D eigenvalue weighted by atomic mass is 10.2. The molecule has 1 N–H and O–H groups in total. The third kappa shape index (κ3) is 4.78. The molecule has 1 aromatic carbocycles. The lowest BCUT2D eigenvalue weighted by molar-refractivity contribution is -0.142. The Hall–Kier alpha value is -1.76. The number of carbonyl (C=O) groups is 1. The number of halogens is 1. The quantitative estimate of drug-likeness (QED) is 0.612. The molecular weight excluding hydrogens is 318 g/mol. The van der Waals surface area contributed by atoms with E-state index in [9.17, 15) is 4.79 Å². The van der Waals surface area contributed by atoms with Crippen molar-refractivity contribution in [2.75, 3.05) is 20.3 Å². The van der Waals surface area contributed by atoms with Crippen LogP contribution in [0, 0.1) is 0 Å². The van der Waals surface area contributed by atoms with E-state index in [1.807, 2.05) is 6.92 Å². The van der Waals surface area contributed by atoms with Crippen LogP contribution in [0.1, 0.15) is 12.5 Å². The van der Waals surface area contributed by atoms with E-state index in [0.29, 0.717) is 28.1 Å². The number of rotatable bonds is 7. The van der Waals surface area contributed by atoms with E-state index < -0.39 is 12.6 Å². The van der Waals surface area contributed by atoms with Gasteiger partial charge in [0.25, 0.3) is 0 Å². The summed E-state index contributed by atoms with van der Waals surface area (Å²) < 4.78 is 11.4. The molecule has 0 aliphatic carbocycles. The molecule has 104 valence electrons. The molecule has 0 spiro atoms. The van der Waals surface area contributed by atoms with Gasteiger partial charge in [0.05, 0.1) is 24.4 Å². The van der Waals surface area contributed by atoms with Gasteiger partial charge in [0, 0.05) is 5.56 Å². The topological polar surface area (TPSA) is 77.4 Å². The maximum absolute atomic E-state index is 10.2. The fourth-order valence-corrected chi connectivity index (χ4v) is 1.94. The van der Waals surface area contributed by atoms with Gasteiger partial charge in [-0.2, -0.15) is 0 Å². The van der Waals surface area contributed by atoms with Crippen LogP contribution >= 0.6 is 15.9 Å². The number of methoxy groups -OCH3 is 1. The molecule has 1 aromatic rings. The zero-order valence-electron chi connectivity index (χ0n) is 10.6. The molecule has 0 fully saturated rings. The molecule has 0 bridgehead atoms. The Balaban J connectivity index is 2.87. The van der Waals surface area contributed by atoms with E-state index in [4.69, 9.17) is 14.6 Å². The molecule has 0 aliphatic rings. The van der Waals surface area contributed by atoms with E-state index in [1.54, 1.807) is 19.2 Å². The van der Waals surface area contributed by atoms with Crippen LogP contribution in [0.5, 0.6) is 11.5 Å². The molecular formula is C12H14BrNO5. The number of hydrogen-bond acceptors (Lipinski definition) is 5. The minimum atomic E-state index is -1.08. The molecule has 0 aliphatic heterocycles. The zero-order chi connectivity index (χ0) is 14.3. The van der Waals surface area contributed by atoms with Gasteiger partial charge in [-0.3, -0.25) is 0 Å². The van der Waals surface area contributed by atoms with Crippen LogP contribution in [0.4, 0.5) is 0 Å². The van der Waals surface area contributed by atoms with E-state index in [0.717, 1.165) is 0 Å². The predicted molar refractivity (Wildman–Crippen MR) is 73.0 cm³/mol. The normalized spacial score (nSPS) is 10.5. The number of oxime groups is 1. The Kier molecular flexibility index (Phi) is 6.14. The van der Waals surface area contributed by atoms with Crippen LogP contribution in [0.2, 0.25) is 0 Å². The number of nitrogens with zero attached hydrogens (tertiary/aromatic N) is 1. The lowest BCUT2D eigenvalue weighted by Gasteiger charge is -2.11. The van der Waals surface area contributed by atoms with Gasteiger partial charge < -0.3 is 19.4 Å². The highest BCUT2D eigenvalue weighted by molar-refractivity contribution is 9.10. The first-order valence-electron chi connectivity index (χ1n) is 5.46. The van der Waals surface area contributed by atoms with Crippen LogP contribution in [0.25, 0.3) is 0 Å². The van der Waals surface area contributed by atoms with Gasteiger partial charge in [0.15, 0.2) is 11.5 Å². The highest BCUT2D eigenvalue weighted by Crippen LogP contribution is 2.36. The fourth-order valence-electron chi connectivity index (χ4n) is 1.31. The molecule has 6 nitrogen and oxygen atoms in total. The molecule has 0 saturated carbocycles. The number of aliphatic carboxylic acids is 1. The van der Waals surface area contributed by atoms with Crippen LogP contribution < -0.4 is 9.47 Å². The van der Waals surface area contributed by atoms with Gasteiger partial charge in [0.1, 0.15) is 0 Å². The molecule has 0 aromatic heterocycles. The maximum Gasteiger partial charge on any atom is 0.344 e. The van der Waals surface area contributed by atoms with Crippen LogP contribution in [-0.4, -0.2) is 37.6 Å². The molecule has 7 heteroatoms. The Morgan fingerprint density at radius 3 is 2.84 bits per heavy atom. The van der Waals surface area contributed by atoms with Gasteiger partial charge >= 0.3 is 5.97 Å². The minimum Gasteiger partial charge on any atom is -0.492 e. The largest absolute Gasteiger partial charge is 0.492 e. The van der Waals surface area contributed by atoms with Crippen molar-refractivity contribution in [3.8, 4) is 11.5 Å². The van der Waals surface area contributed by atoms with Gasteiger partial charge in [-0.1, -0.05) is 5.16 Å². The number of hydrogen-bond donors (Lipinski definition) is 1. The Bertz CT molecular complexity index is 475. The molecule has 0 amide bonds. The van der Waals surface area contributed by atoms with Crippen molar-refractivity contribution in [1.29, 1.82) is 0 Å². The summed E-state index contributed by atoms with van der Waals surface area (Å²) in [5.41, 5.74) is 0.696. The summed E-state index contributed by atoms with van der Waals surface area (Å²) in [6, 6.07) is 3.48. The van der Waals surface area contributed by atoms with Gasteiger partial charge in [-0.05, 0) is 35.0 Å². The molecule has 0 saturated heterocycles.